The summed E-state index contributed by atoms with van der Waals surface area (Å²) < 4.78 is 7.00. The van der Waals surface area contributed by atoms with E-state index in [1.807, 2.05) is 6.92 Å². The molecule has 184 valence electrons. The second-order valence-electron chi connectivity index (χ2n) is 10.5. The van der Waals surface area contributed by atoms with Crippen molar-refractivity contribution in [2.45, 2.75) is 77.5 Å². The molecule has 3 heterocycles. The quantitative estimate of drug-likeness (QED) is 0.194. The number of benzene rings is 1. The summed E-state index contributed by atoms with van der Waals surface area (Å²) in [5.41, 5.74) is 4.44. The lowest BCUT2D eigenvalue weighted by Gasteiger charge is -2.29. The zero-order valence-electron chi connectivity index (χ0n) is 20.8. The minimum Gasteiger partial charge on any atom is -0.476 e. The molecular weight excluding hydrogens is 520 g/mol. The third-order valence-corrected chi connectivity index (χ3v) is 7.64. The van der Waals surface area contributed by atoms with Crippen molar-refractivity contribution in [3.8, 4) is 0 Å². The zero-order valence-corrected chi connectivity index (χ0v) is 23.2. The van der Waals surface area contributed by atoms with E-state index in [1.54, 1.807) is 11.3 Å². The molecule has 0 saturated heterocycles. The SMILES string of the molecule is CC(=NC1CCC(Nc2nc(Cc3ccsc3)cc3[nH]c4cc(Br)ccc4c23)CC1)OC(C)(C)C. The number of anilines is 1. The summed E-state index contributed by atoms with van der Waals surface area (Å²) >= 11 is 5.34. The van der Waals surface area contributed by atoms with Gasteiger partial charge in [-0.1, -0.05) is 22.0 Å². The Morgan fingerprint density at radius 3 is 2.69 bits per heavy atom. The number of fused-ring (bicyclic) bond motifs is 3. The highest BCUT2D eigenvalue weighted by Gasteiger charge is 2.23. The van der Waals surface area contributed by atoms with Gasteiger partial charge in [-0.2, -0.15) is 11.3 Å². The lowest BCUT2D eigenvalue weighted by atomic mass is 9.91. The number of ether oxygens (including phenoxy) is 1. The van der Waals surface area contributed by atoms with Gasteiger partial charge < -0.3 is 15.0 Å². The van der Waals surface area contributed by atoms with Crippen LogP contribution in [0.1, 0.15) is 64.6 Å². The Bertz CT molecular complexity index is 1350. The van der Waals surface area contributed by atoms with Crippen molar-refractivity contribution in [2.75, 3.05) is 5.32 Å². The number of nitrogens with one attached hydrogen (secondary N) is 2. The van der Waals surface area contributed by atoms with E-state index in [0.29, 0.717) is 12.1 Å². The van der Waals surface area contributed by atoms with Crippen LogP contribution in [0.25, 0.3) is 21.8 Å². The summed E-state index contributed by atoms with van der Waals surface area (Å²) in [6, 6.07) is 11.5. The van der Waals surface area contributed by atoms with Crippen LogP contribution in [0.2, 0.25) is 0 Å². The Balaban J connectivity index is 1.39. The number of halogens is 1. The molecule has 1 aliphatic rings. The number of thiophene rings is 1. The van der Waals surface area contributed by atoms with Crippen molar-refractivity contribution in [1.82, 2.24) is 9.97 Å². The Morgan fingerprint density at radius 1 is 1.17 bits per heavy atom. The molecule has 5 nitrogen and oxygen atoms in total. The molecule has 0 amide bonds. The Kier molecular flexibility index (Phi) is 6.91. The molecule has 0 atom stereocenters. The fraction of sp³-hybridized carbons (Fsp3) is 0.429. The number of nitrogens with zero attached hydrogens (tertiary/aromatic N) is 2. The van der Waals surface area contributed by atoms with Crippen LogP contribution in [0.5, 0.6) is 0 Å². The average molecular weight is 554 g/mol. The molecule has 1 aromatic carbocycles. The van der Waals surface area contributed by atoms with Crippen LogP contribution in [0, 0.1) is 0 Å². The summed E-state index contributed by atoms with van der Waals surface area (Å²) in [7, 11) is 0. The highest BCUT2D eigenvalue weighted by atomic mass is 79.9. The fourth-order valence-electron chi connectivity index (χ4n) is 5.02. The molecule has 0 spiro atoms. The smallest absolute Gasteiger partial charge is 0.180 e. The number of pyridine rings is 1. The first kappa shape index (κ1) is 24.3. The van der Waals surface area contributed by atoms with E-state index in [2.05, 4.69) is 88.1 Å². The highest BCUT2D eigenvalue weighted by Crippen LogP contribution is 2.35. The van der Waals surface area contributed by atoms with E-state index in [9.17, 15) is 0 Å². The standard InChI is InChI=1S/C28H33BrN4OS/c1-17(34-28(2,3)4)30-20-6-8-21(9-7-20)31-27-26-23-10-5-19(29)14-24(23)33-25(26)15-22(32-27)13-18-11-12-35-16-18/h5,10-12,14-16,20-21,33H,6-9,13H2,1-4H3,(H,31,32). The number of hydrogen-bond donors (Lipinski definition) is 2. The number of aromatic amines is 1. The van der Waals surface area contributed by atoms with Gasteiger partial charge in [-0.05, 0) is 87.0 Å². The Morgan fingerprint density at radius 2 is 1.97 bits per heavy atom. The normalized spacial score (nSPS) is 19.4. The van der Waals surface area contributed by atoms with Gasteiger partial charge in [-0.15, -0.1) is 0 Å². The second kappa shape index (κ2) is 9.94. The number of aliphatic imine (C=N–C) groups is 1. The number of H-pyrrole nitrogens is 1. The van der Waals surface area contributed by atoms with Gasteiger partial charge in [-0.25, -0.2) is 4.98 Å². The third kappa shape index (κ3) is 5.89. The maximum Gasteiger partial charge on any atom is 0.180 e. The van der Waals surface area contributed by atoms with Crippen molar-refractivity contribution in [3.05, 3.63) is 56.8 Å². The van der Waals surface area contributed by atoms with E-state index < -0.39 is 0 Å². The fourth-order valence-corrected chi connectivity index (χ4v) is 6.05. The zero-order chi connectivity index (χ0) is 24.6. The largest absolute Gasteiger partial charge is 0.476 e. The summed E-state index contributed by atoms with van der Waals surface area (Å²) in [5, 5.41) is 10.5. The molecule has 0 unspecified atom stereocenters. The first-order valence-corrected chi connectivity index (χ1v) is 14.1. The van der Waals surface area contributed by atoms with Crippen molar-refractivity contribution in [3.63, 3.8) is 0 Å². The molecule has 1 aliphatic carbocycles. The first-order chi connectivity index (χ1) is 16.7. The molecule has 1 fully saturated rings. The Hall–Kier alpha value is -2.38. The van der Waals surface area contributed by atoms with Gasteiger partial charge >= 0.3 is 0 Å². The van der Waals surface area contributed by atoms with Crippen LogP contribution in [-0.4, -0.2) is 33.6 Å². The molecule has 5 rings (SSSR count). The molecule has 0 bridgehead atoms. The van der Waals surface area contributed by atoms with Crippen LogP contribution < -0.4 is 5.32 Å². The van der Waals surface area contributed by atoms with E-state index in [1.165, 1.54) is 16.3 Å². The Labute approximate surface area is 219 Å². The lowest BCUT2D eigenvalue weighted by Crippen LogP contribution is -2.29. The average Bonchev–Trinajstić information content (AvgIpc) is 3.40. The van der Waals surface area contributed by atoms with Crippen molar-refractivity contribution >= 4 is 60.8 Å². The summed E-state index contributed by atoms with van der Waals surface area (Å²) in [6.45, 7) is 8.17. The van der Waals surface area contributed by atoms with Gasteiger partial charge in [0.15, 0.2) is 5.90 Å². The van der Waals surface area contributed by atoms with Gasteiger partial charge in [-0.3, -0.25) is 4.99 Å². The highest BCUT2D eigenvalue weighted by molar-refractivity contribution is 9.10. The topological polar surface area (TPSA) is 62.3 Å². The summed E-state index contributed by atoms with van der Waals surface area (Å²) in [5.74, 6) is 1.78. The lowest BCUT2D eigenvalue weighted by molar-refractivity contribution is 0.114. The van der Waals surface area contributed by atoms with Gasteiger partial charge in [0.1, 0.15) is 11.4 Å². The first-order valence-electron chi connectivity index (χ1n) is 12.4. The maximum atomic E-state index is 5.93. The van der Waals surface area contributed by atoms with E-state index in [4.69, 9.17) is 14.7 Å². The third-order valence-electron chi connectivity index (χ3n) is 6.41. The van der Waals surface area contributed by atoms with Gasteiger partial charge in [0.2, 0.25) is 0 Å². The predicted octanol–water partition coefficient (Wildman–Crippen LogP) is 8.09. The molecule has 7 heteroatoms. The molecule has 1 saturated carbocycles. The van der Waals surface area contributed by atoms with Crippen LogP contribution in [0.15, 0.2) is 50.6 Å². The van der Waals surface area contributed by atoms with Crippen molar-refractivity contribution in [2.24, 2.45) is 4.99 Å². The monoisotopic (exact) mass is 552 g/mol. The van der Waals surface area contributed by atoms with Gasteiger partial charge in [0, 0.05) is 45.8 Å². The summed E-state index contributed by atoms with van der Waals surface area (Å²) in [6.07, 6.45) is 5.09. The van der Waals surface area contributed by atoms with Crippen LogP contribution >= 0.6 is 27.3 Å². The minimum absolute atomic E-state index is 0.202. The van der Waals surface area contributed by atoms with Crippen molar-refractivity contribution < 1.29 is 4.74 Å². The molecule has 2 N–H and O–H groups in total. The molecule has 4 aromatic rings. The minimum atomic E-state index is -0.202. The molecule has 35 heavy (non-hydrogen) atoms. The molecule has 3 aromatic heterocycles. The van der Waals surface area contributed by atoms with Gasteiger partial charge in [0.05, 0.1) is 11.6 Å². The van der Waals surface area contributed by atoms with Crippen LogP contribution in [0.3, 0.4) is 0 Å². The van der Waals surface area contributed by atoms with E-state index >= 15 is 0 Å². The van der Waals surface area contributed by atoms with Crippen LogP contribution in [-0.2, 0) is 11.2 Å². The molecular formula is C28H33BrN4OS. The second-order valence-corrected chi connectivity index (χ2v) is 12.2. The molecule has 0 radical (unpaired) electrons. The molecule has 0 aliphatic heterocycles. The van der Waals surface area contributed by atoms with E-state index in [-0.39, 0.29) is 5.60 Å². The number of aromatic nitrogens is 2. The summed E-state index contributed by atoms with van der Waals surface area (Å²) in [4.78, 5) is 13.6. The van der Waals surface area contributed by atoms with Crippen molar-refractivity contribution in [1.29, 1.82) is 0 Å². The van der Waals surface area contributed by atoms with Gasteiger partial charge in [0.25, 0.3) is 0 Å². The maximum absolute atomic E-state index is 5.93. The predicted molar refractivity (Wildman–Crippen MR) is 152 cm³/mol. The van der Waals surface area contributed by atoms with E-state index in [0.717, 1.165) is 65.0 Å². The number of rotatable bonds is 5. The van der Waals surface area contributed by atoms with Crippen LogP contribution in [0.4, 0.5) is 5.82 Å². The number of hydrogen-bond acceptors (Lipinski definition) is 5.